The van der Waals surface area contributed by atoms with Crippen LogP contribution in [0.15, 0.2) is 58.4 Å². The van der Waals surface area contributed by atoms with Crippen molar-refractivity contribution in [1.82, 2.24) is 15.7 Å². The number of aromatic amines is 1. The van der Waals surface area contributed by atoms with Gasteiger partial charge in [-0.15, -0.1) is 0 Å². The molecule has 2 aromatic carbocycles. The third-order valence-electron chi connectivity index (χ3n) is 3.77. The molecule has 0 saturated heterocycles. The summed E-state index contributed by atoms with van der Waals surface area (Å²) < 4.78 is 0. The predicted octanol–water partition coefficient (Wildman–Crippen LogP) is 2.72. The minimum Gasteiger partial charge on any atom is -0.343 e. The van der Waals surface area contributed by atoms with Gasteiger partial charge in [-0.05, 0) is 35.7 Å². The number of carbonyl (C=O) groups excluding carboxylic acids is 2. The van der Waals surface area contributed by atoms with Crippen LogP contribution in [-0.2, 0) is 4.79 Å². The van der Waals surface area contributed by atoms with Crippen molar-refractivity contribution in [1.29, 1.82) is 0 Å². The minimum absolute atomic E-state index is 0.240. The number of nitrogens with one attached hydrogen (secondary N) is 3. The molecular formula is C19H14Cl2N4O3. The van der Waals surface area contributed by atoms with E-state index in [0.717, 1.165) is 5.39 Å². The van der Waals surface area contributed by atoms with Crippen LogP contribution in [0, 0.1) is 0 Å². The van der Waals surface area contributed by atoms with Crippen LogP contribution < -0.4 is 16.3 Å². The van der Waals surface area contributed by atoms with E-state index in [-0.39, 0.29) is 22.7 Å². The molecule has 3 rings (SSSR count). The molecule has 1 heterocycles. The van der Waals surface area contributed by atoms with Crippen LogP contribution in [-0.4, -0.2) is 29.6 Å². The zero-order valence-electron chi connectivity index (χ0n) is 14.3. The summed E-state index contributed by atoms with van der Waals surface area (Å²) in [6, 6.07) is 13.3. The average molecular weight is 417 g/mol. The summed E-state index contributed by atoms with van der Waals surface area (Å²) in [5.74, 6) is -1.04. The highest BCUT2D eigenvalue weighted by molar-refractivity contribution is 6.42. The summed E-state index contributed by atoms with van der Waals surface area (Å²) in [4.78, 5) is 38.5. The number of rotatable bonds is 5. The Hall–Kier alpha value is -3.16. The largest absolute Gasteiger partial charge is 0.343 e. The SMILES string of the molecule is O=C(CNC(=O)c1ccc(Cl)c(Cl)c1)N/N=C\c1cc2ccccc2[nH]c1=O. The van der Waals surface area contributed by atoms with Crippen molar-refractivity contribution in [2.24, 2.45) is 5.10 Å². The average Bonchev–Trinajstić information content (AvgIpc) is 2.68. The van der Waals surface area contributed by atoms with Gasteiger partial charge in [-0.25, -0.2) is 5.43 Å². The molecule has 0 fully saturated rings. The second-order valence-electron chi connectivity index (χ2n) is 5.75. The molecule has 0 bridgehead atoms. The lowest BCUT2D eigenvalue weighted by atomic mass is 10.2. The highest BCUT2D eigenvalue weighted by atomic mass is 35.5. The molecular weight excluding hydrogens is 403 g/mol. The van der Waals surface area contributed by atoms with Crippen molar-refractivity contribution in [2.45, 2.75) is 0 Å². The molecule has 28 heavy (non-hydrogen) atoms. The van der Waals surface area contributed by atoms with E-state index < -0.39 is 11.8 Å². The van der Waals surface area contributed by atoms with E-state index in [1.165, 1.54) is 24.4 Å². The smallest absolute Gasteiger partial charge is 0.259 e. The maximum Gasteiger partial charge on any atom is 0.259 e. The number of hydrogen-bond acceptors (Lipinski definition) is 4. The zero-order chi connectivity index (χ0) is 20.1. The van der Waals surface area contributed by atoms with Gasteiger partial charge in [0.1, 0.15) is 0 Å². The second kappa shape index (κ2) is 8.69. The Morgan fingerprint density at radius 1 is 1.07 bits per heavy atom. The minimum atomic E-state index is -0.554. The van der Waals surface area contributed by atoms with Crippen LogP contribution in [0.1, 0.15) is 15.9 Å². The number of nitrogens with zero attached hydrogens (tertiary/aromatic N) is 1. The molecule has 0 aliphatic carbocycles. The number of H-pyrrole nitrogens is 1. The first kappa shape index (κ1) is 19.6. The number of aromatic nitrogens is 1. The van der Waals surface area contributed by atoms with Crippen molar-refractivity contribution in [2.75, 3.05) is 6.54 Å². The van der Waals surface area contributed by atoms with Crippen molar-refractivity contribution < 1.29 is 9.59 Å². The van der Waals surface area contributed by atoms with Gasteiger partial charge in [0.25, 0.3) is 17.4 Å². The van der Waals surface area contributed by atoms with Crippen molar-refractivity contribution in [3.05, 3.63) is 80.1 Å². The fourth-order valence-corrected chi connectivity index (χ4v) is 2.67. The molecule has 3 aromatic rings. The molecule has 0 atom stereocenters. The Bertz CT molecular complexity index is 1140. The van der Waals surface area contributed by atoms with Crippen molar-refractivity contribution in [3.8, 4) is 0 Å². The number of pyridine rings is 1. The maximum absolute atomic E-state index is 12.0. The maximum atomic E-state index is 12.0. The number of fused-ring (bicyclic) bond motifs is 1. The molecule has 0 saturated carbocycles. The van der Waals surface area contributed by atoms with Gasteiger partial charge in [-0.2, -0.15) is 5.10 Å². The van der Waals surface area contributed by atoms with Crippen LogP contribution in [0.2, 0.25) is 10.0 Å². The summed E-state index contributed by atoms with van der Waals surface area (Å²) in [6.07, 6.45) is 1.24. The molecule has 0 aliphatic rings. The van der Waals surface area contributed by atoms with E-state index in [9.17, 15) is 14.4 Å². The summed E-state index contributed by atoms with van der Waals surface area (Å²) in [7, 11) is 0. The quantitative estimate of drug-likeness (QED) is 0.439. The first-order valence-electron chi connectivity index (χ1n) is 8.11. The monoisotopic (exact) mass is 416 g/mol. The standard InChI is InChI=1S/C19H14Cl2N4O3/c20-14-6-5-12(8-15(14)21)18(27)22-10-17(26)25-23-9-13-7-11-3-1-2-4-16(11)24-19(13)28/h1-9H,10H2,(H,22,27)(H,24,28)(H,25,26)/b23-9-. The summed E-state index contributed by atoms with van der Waals surface area (Å²) in [6.45, 7) is -0.301. The van der Waals surface area contributed by atoms with E-state index in [2.05, 4.69) is 20.8 Å². The number of para-hydroxylation sites is 1. The molecule has 0 unspecified atom stereocenters. The Labute approximate surface area is 169 Å². The van der Waals surface area contributed by atoms with Crippen molar-refractivity contribution in [3.63, 3.8) is 0 Å². The van der Waals surface area contributed by atoms with Gasteiger partial charge < -0.3 is 10.3 Å². The number of amides is 2. The van der Waals surface area contributed by atoms with E-state index in [1.807, 2.05) is 18.2 Å². The van der Waals surface area contributed by atoms with Gasteiger partial charge in [0.2, 0.25) is 0 Å². The van der Waals surface area contributed by atoms with Gasteiger partial charge in [-0.3, -0.25) is 14.4 Å². The molecule has 1 aromatic heterocycles. The van der Waals surface area contributed by atoms with Crippen LogP contribution >= 0.6 is 23.2 Å². The number of benzene rings is 2. The first-order chi connectivity index (χ1) is 13.4. The van der Waals surface area contributed by atoms with E-state index in [1.54, 1.807) is 12.1 Å². The molecule has 142 valence electrons. The van der Waals surface area contributed by atoms with Gasteiger partial charge >= 0.3 is 0 Å². The zero-order valence-corrected chi connectivity index (χ0v) is 15.8. The van der Waals surface area contributed by atoms with E-state index in [0.29, 0.717) is 16.1 Å². The Balaban J connectivity index is 1.56. The molecule has 0 aliphatic heterocycles. The summed E-state index contributed by atoms with van der Waals surface area (Å²) in [5, 5.41) is 7.59. The number of hydrogen-bond donors (Lipinski definition) is 3. The third-order valence-corrected chi connectivity index (χ3v) is 4.51. The molecule has 0 radical (unpaired) electrons. The summed E-state index contributed by atoms with van der Waals surface area (Å²) >= 11 is 11.7. The van der Waals surface area contributed by atoms with Gasteiger partial charge in [0.15, 0.2) is 0 Å². The Morgan fingerprint density at radius 3 is 2.64 bits per heavy atom. The van der Waals surface area contributed by atoms with Crippen LogP contribution in [0.5, 0.6) is 0 Å². The Kier molecular flexibility index (Phi) is 6.08. The fraction of sp³-hybridized carbons (Fsp3) is 0.0526. The Morgan fingerprint density at radius 2 is 1.86 bits per heavy atom. The van der Waals surface area contributed by atoms with E-state index in [4.69, 9.17) is 23.2 Å². The molecule has 3 N–H and O–H groups in total. The van der Waals surface area contributed by atoms with Crippen LogP contribution in [0.25, 0.3) is 10.9 Å². The van der Waals surface area contributed by atoms with Crippen LogP contribution in [0.3, 0.4) is 0 Å². The predicted molar refractivity (Wildman–Crippen MR) is 109 cm³/mol. The van der Waals surface area contributed by atoms with E-state index >= 15 is 0 Å². The third kappa shape index (κ3) is 4.76. The van der Waals surface area contributed by atoms with Gasteiger partial charge in [0, 0.05) is 11.1 Å². The summed E-state index contributed by atoms with van der Waals surface area (Å²) in [5.41, 5.74) is 3.19. The lowest BCUT2D eigenvalue weighted by Crippen LogP contribution is -2.35. The number of halogens is 2. The van der Waals surface area contributed by atoms with Crippen LogP contribution in [0.4, 0.5) is 0 Å². The molecule has 0 spiro atoms. The molecule has 7 nitrogen and oxygen atoms in total. The first-order valence-corrected chi connectivity index (χ1v) is 8.87. The lowest BCUT2D eigenvalue weighted by molar-refractivity contribution is -0.120. The normalized spacial score (nSPS) is 10.9. The highest BCUT2D eigenvalue weighted by Crippen LogP contribution is 2.22. The topological polar surface area (TPSA) is 103 Å². The fourth-order valence-electron chi connectivity index (χ4n) is 2.37. The molecule has 9 heteroatoms. The second-order valence-corrected chi connectivity index (χ2v) is 6.56. The lowest BCUT2D eigenvalue weighted by Gasteiger charge is -2.05. The highest BCUT2D eigenvalue weighted by Gasteiger charge is 2.09. The number of hydrazone groups is 1. The molecule has 2 amide bonds. The number of carbonyl (C=O) groups is 2. The van der Waals surface area contributed by atoms with Crippen molar-refractivity contribution >= 4 is 52.1 Å². The van der Waals surface area contributed by atoms with Gasteiger partial charge in [0.05, 0.1) is 28.4 Å². The van der Waals surface area contributed by atoms with Gasteiger partial charge in [-0.1, -0.05) is 41.4 Å².